The standard InChI is InChI=1S/C20H27NO7/c1-20(2,3)28-19(24)21-10-6-7-13(21)12-27-14-8-9-15(17(22)25-4)16(11-14)18(23)26-5/h8-9,11,13H,6-7,10,12H2,1-5H3/t13-/m0/s1. The second-order valence-electron chi connectivity index (χ2n) is 7.47. The molecule has 0 bridgehead atoms. The van der Waals surface area contributed by atoms with E-state index in [4.69, 9.17) is 14.2 Å². The molecule has 154 valence electrons. The summed E-state index contributed by atoms with van der Waals surface area (Å²) in [7, 11) is 2.47. The van der Waals surface area contributed by atoms with Gasteiger partial charge in [-0.3, -0.25) is 0 Å². The Balaban J connectivity index is 2.10. The molecule has 0 unspecified atom stereocenters. The fraction of sp³-hybridized carbons (Fsp3) is 0.550. The van der Waals surface area contributed by atoms with Crippen molar-refractivity contribution in [1.29, 1.82) is 0 Å². The minimum atomic E-state index is -0.665. The summed E-state index contributed by atoms with van der Waals surface area (Å²) in [6, 6.07) is 4.33. The summed E-state index contributed by atoms with van der Waals surface area (Å²) in [4.78, 5) is 37.8. The van der Waals surface area contributed by atoms with Crippen molar-refractivity contribution in [2.45, 2.75) is 45.3 Å². The maximum Gasteiger partial charge on any atom is 0.410 e. The third kappa shape index (κ3) is 5.37. The zero-order valence-electron chi connectivity index (χ0n) is 16.9. The van der Waals surface area contributed by atoms with E-state index in [0.29, 0.717) is 12.3 Å². The molecule has 28 heavy (non-hydrogen) atoms. The first-order valence-electron chi connectivity index (χ1n) is 9.09. The van der Waals surface area contributed by atoms with Gasteiger partial charge in [0.15, 0.2) is 0 Å². The summed E-state index contributed by atoms with van der Waals surface area (Å²) in [6.45, 7) is 6.33. The van der Waals surface area contributed by atoms with Gasteiger partial charge in [0.1, 0.15) is 18.0 Å². The normalized spacial score (nSPS) is 16.5. The second-order valence-corrected chi connectivity index (χ2v) is 7.47. The van der Waals surface area contributed by atoms with Crippen molar-refractivity contribution in [3.63, 3.8) is 0 Å². The number of ether oxygens (including phenoxy) is 4. The molecule has 1 atom stereocenters. The molecule has 1 aliphatic rings. The molecule has 0 N–H and O–H groups in total. The van der Waals surface area contributed by atoms with Gasteiger partial charge in [-0.15, -0.1) is 0 Å². The topological polar surface area (TPSA) is 91.4 Å². The Morgan fingerprint density at radius 2 is 1.71 bits per heavy atom. The number of methoxy groups -OCH3 is 2. The first kappa shape index (κ1) is 21.5. The lowest BCUT2D eigenvalue weighted by molar-refractivity contribution is 0.0187. The molecule has 1 fully saturated rings. The van der Waals surface area contributed by atoms with Gasteiger partial charge in [0.25, 0.3) is 0 Å². The lowest BCUT2D eigenvalue weighted by atomic mass is 10.1. The maximum atomic E-state index is 12.4. The number of hydrogen-bond acceptors (Lipinski definition) is 7. The Morgan fingerprint density at radius 1 is 1.07 bits per heavy atom. The van der Waals surface area contributed by atoms with Crippen molar-refractivity contribution in [1.82, 2.24) is 4.90 Å². The van der Waals surface area contributed by atoms with Crippen LogP contribution in [0.25, 0.3) is 0 Å². The predicted molar refractivity (Wildman–Crippen MR) is 101 cm³/mol. The zero-order chi connectivity index (χ0) is 20.9. The third-order valence-corrected chi connectivity index (χ3v) is 4.25. The first-order chi connectivity index (χ1) is 13.2. The molecule has 1 amide bonds. The Hall–Kier alpha value is -2.77. The van der Waals surface area contributed by atoms with Crippen molar-refractivity contribution in [3.8, 4) is 5.75 Å². The molecule has 2 rings (SSSR count). The molecule has 1 aromatic rings. The zero-order valence-corrected chi connectivity index (χ0v) is 16.9. The average Bonchev–Trinajstić information content (AvgIpc) is 3.12. The van der Waals surface area contributed by atoms with Gasteiger partial charge in [0.05, 0.1) is 31.4 Å². The highest BCUT2D eigenvalue weighted by Crippen LogP contribution is 2.24. The fourth-order valence-corrected chi connectivity index (χ4v) is 2.94. The lowest BCUT2D eigenvalue weighted by Crippen LogP contribution is -2.42. The van der Waals surface area contributed by atoms with Crippen molar-refractivity contribution < 1.29 is 33.3 Å². The molecular formula is C20H27NO7. The lowest BCUT2D eigenvalue weighted by Gasteiger charge is -2.28. The summed E-state index contributed by atoms with van der Waals surface area (Å²) in [6.07, 6.45) is 1.29. The highest BCUT2D eigenvalue weighted by molar-refractivity contribution is 6.03. The van der Waals surface area contributed by atoms with Gasteiger partial charge in [-0.05, 0) is 51.8 Å². The molecule has 0 aromatic heterocycles. The Bertz CT molecular complexity index is 739. The van der Waals surface area contributed by atoms with Crippen molar-refractivity contribution >= 4 is 18.0 Å². The van der Waals surface area contributed by atoms with E-state index in [2.05, 4.69) is 4.74 Å². The van der Waals surface area contributed by atoms with Crippen molar-refractivity contribution in [2.24, 2.45) is 0 Å². The molecule has 0 aliphatic carbocycles. The van der Waals surface area contributed by atoms with Gasteiger partial charge in [-0.2, -0.15) is 0 Å². The van der Waals surface area contributed by atoms with Crippen LogP contribution in [0.2, 0.25) is 0 Å². The number of carbonyl (C=O) groups is 3. The summed E-state index contributed by atoms with van der Waals surface area (Å²) >= 11 is 0. The van der Waals surface area contributed by atoms with E-state index in [1.54, 1.807) is 11.0 Å². The monoisotopic (exact) mass is 393 g/mol. The number of carbonyl (C=O) groups excluding carboxylic acids is 3. The van der Waals surface area contributed by atoms with Crippen LogP contribution in [0, 0.1) is 0 Å². The Labute approximate surface area is 164 Å². The molecule has 1 heterocycles. The minimum absolute atomic E-state index is 0.0577. The predicted octanol–water partition coefficient (Wildman–Crippen LogP) is 3.04. The highest BCUT2D eigenvalue weighted by atomic mass is 16.6. The molecule has 0 saturated carbocycles. The van der Waals surface area contributed by atoms with Gasteiger partial charge in [-0.25, -0.2) is 14.4 Å². The maximum absolute atomic E-state index is 12.4. The molecule has 0 spiro atoms. The van der Waals surface area contributed by atoms with Crippen LogP contribution in [-0.4, -0.2) is 61.9 Å². The Kier molecular flexibility index (Phi) is 6.88. The van der Waals surface area contributed by atoms with Crippen molar-refractivity contribution in [3.05, 3.63) is 29.3 Å². The molecular weight excluding hydrogens is 366 g/mol. The van der Waals surface area contributed by atoms with E-state index in [1.807, 2.05) is 20.8 Å². The van der Waals surface area contributed by atoms with Gasteiger partial charge in [0, 0.05) is 6.54 Å². The van der Waals surface area contributed by atoms with Gasteiger partial charge in [-0.1, -0.05) is 0 Å². The molecule has 1 aliphatic heterocycles. The quantitative estimate of drug-likeness (QED) is 0.561. The summed E-state index contributed by atoms with van der Waals surface area (Å²) in [5.74, 6) is -0.912. The van der Waals surface area contributed by atoms with E-state index in [0.717, 1.165) is 12.8 Å². The van der Waals surface area contributed by atoms with Crippen LogP contribution < -0.4 is 4.74 Å². The van der Waals surface area contributed by atoms with Gasteiger partial charge < -0.3 is 23.8 Å². The smallest absolute Gasteiger partial charge is 0.410 e. The van der Waals surface area contributed by atoms with Crippen LogP contribution in [0.15, 0.2) is 18.2 Å². The van der Waals surface area contributed by atoms with Crippen LogP contribution in [-0.2, 0) is 14.2 Å². The number of benzene rings is 1. The van der Waals surface area contributed by atoms with Crippen LogP contribution in [0.3, 0.4) is 0 Å². The van der Waals surface area contributed by atoms with E-state index in [9.17, 15) is 14.4 Å². The average molecular weight is 393 g/mol. The SMILES string of the molecule is COC(=O)c1ccc(OC[C@@H]2CCCN2C(=O)OC(C)(C)C)cc1C(=O)OC. The van der Waals surface area contributed by atoms with Crippen LogP contribution in [0.5, 0.6) is 5.75 Å². The van der Waals surface area contributed by atoms with Crippen molar-refractivity contribution in [2.75, 3.05) is 27.4 Å². The summed E-state index contributed by atoms with van der Waals surface area (Å²) in [5.41, 5.74) is -0.412. The van der Waals surface area contributed by atoms with Crippen LogP contribution >= 0.6 is 0 Å². The number of esters is 2. The number of nitrogens with zero attached hydrogens (tertiary/aromatic N) is 1. The van der Waals surface area contributed by atoms with E-state index in [1.165, 1.54) is 26.4 Å². The molecule has 1 saturated heterocycles. The summed E-state index contributed by atoms with van der Waals surface area (Å²) in [5, 5.41) is 0. The molecule has 8 nitrogen and oxygen atoms in total. The van der Waals surface area contributed by atoms with Crippen LogP contribution in [0.4, 0.5) is 4.79 Å². The highest BCUT2D eigenvalue weighted by Gasteiger charge is 2.32. The largest absolute Gasteiger partial charge is 0.491 e. The second kappa shape index (κ2) is 8.95. The number of rotatable bonds is 5. The van der Waals surface area contributed by atoms with Gasteiger partial charge >= 0.3 is 18.0 Å². The molecule has 0 radical (unpaired) electrons. The van der Waals surface area contributed by atoms with Crippen LogP contribution in [0.1, 0.15) is 54.3 Å². The van der Waals surface area contributed by atoms with E-state index < -0.39 is 17.5 Å². The van der Waals surface area contributed by atoms with Gasteiger partial charge in [0.2, 0.25) is 0 Å². The third-order valence-electron chi connectivity index (χ3n) is 4.25. The molecule has 1 aromatic carbocycles. The first-order valence-corrected chi connectivity index (χ1v) is 9.09. The number of amides is 1. The van der Waals surface area contributed by atoms with E-state index >= 15 is 0 Å². The minimum Gasteiger partial charge on any atom is -0.491 e. The molecule has 8 heteroatoms. The fourth-order valence-electron chi connectivity index (χ4n) is 2.94. The Morgan fingerprint density at radius 3 is 2.32 bits per heavy atom. The summed E-state index contributed by atoms with van der Waals surface area (Å²) < 4.78 is 20.7. The number of likely N-dealkylation sites (tertiary alicyclic amines) is 1. The van der Waals surface area contributed by atoms with E-state index in [-0.39, 0.29) is 29.9 Å². The number of hydrogen-bond donors (Lipinski definition) is 0.